The average Bonchev–Trinajstić information content (AvgIpc) is 3.05. The normalized spacial score (nSPS) is 13.5. The molecule has 3 rings (SSSR count). The second-order valence-corrected chi connectivity index (χ2v) is 8.32. The van der Waals surface area contributed by atoms with Gasteiger partial charge in [-0.25, -0.2) is 0 Å². The lowest BCUT2D eigenvalue weighted by Crippen LogP contribution is -1.87. The lowest BCUT2D eigenvalue weighted by atomic mass is 9.98. The number of benzene rings is 2. The fourth-order valence-corrected chi connectivity index (χ4v) is 3.96. The van der Waals surface area contributed by atoms with Crippen molar-refractivity contribution in [2.45, 2.75) is 65.2 Å². The van der Waals surface area contributed by atoms with E-state index in [4.69, 9.17) is 0 Å². The van der Waals surface area contributed by atoms with E-state index in [0.29, 0.717) is 0 Å². The van der Waals surface area contributed by atoms with Crippen LogP contribution < -0.4 is 0 Å². The molecule has 1 aliphatic rings. The van der Waals surface area contributed by atoms with Crippen molar-refractivity contribution in [1.29, 1.82) is 0 Å². The Morgan fingerprint density at radius 3 is 2.07 bits per heavy atom. The lowest BCUT2D eigenvalue weighted by Gasteiger charge is -2.07. The Morgan fingerprint density at radius 1 is 0.767 bits per heavy atom. The van der Waals surface area contributed by atoms with Gasteiger partial charge in [0.2, 0.25) is 0 Å². The molecule has 0 N–H and O–H groups in total. The van der Waals surface area contributed by atoms with Gasteiger partial charge in [-0.1, -0.05) is 125 Å². The molecule has 0 spiro atoms. The van der Waals surface area contributed by atoms with Crippen LogP contribution in [0.25, 0.3) is 16.7 Å². The molecule has 0 bridgehead atoms. The molecule has 0 atom stereocenters. The summed E-state index contributed by atoms with van der Waals surface area (Å²) in [6, 6.07) is 18.1. The Kier molecular flexibility index (Phi) is 8.51. The smallest absolute Gasteiger partial charge is 0.00916 e. The summed E-state index contributed by atoms with van der Waals surface area (Å²) >= 11 is 0. The highest BCUT2D eigenvalue weighted by molar-refractivity contribution is 5.78. The van der Waals surface area contributed by atoms with Gasteiger partial charge in [0.15, 0.2) is 0 Å². The van der Waals surface area contributed by atoms with Crippen LogP contribution >= 0.6 is 0 Å². The number of aryl methyl sites for hydroxylation is 1. The molecule has 0 heterocycles. The summed E-state index contributed by atoms with van der Waals surface area (Å²) in [5, 5.41) is 0. The molecule has 0 amide bonds. The minimum atomic E-state index is 0.968. The minimum Gasteiger partial charge on any atom is -0.0956 e. The zero-order valence-electron chi connectivity index (χ0n) is 18.8. The van der Waals surface area contributed by atoms with Gasteiger partial charge in [0.05, 0.1) is 0 Å². The molecular formula is C30H36. The van der Waals surface area contributed by atoms with E-state index in [1.54, 1.807) is 0 Å². The summed E-state index contributed by atoms with van der Waals surface area (Å²) in [5.74, 6) is 0. The van der Waals surface area contributed by atoms with Crippen LogP contribution in [0.4, 0.5) is 0 Å². The van der Waals surface area contributed by atoms with Gasteiger partial charge >= 0.3 is 0 Å². The summed E-state index contributed by atoms with van der Waals surface area (Å²) < 4.78 is 0. The number of allylic oxidation sites excluding steroid dienone is 7. The molecule has 0 nitrogen and oxygen atoms in total. The van der Waals surface area contributed by atoms with Crippen molar-refractivity contribution in [3.63, 3.8) is 0 Å². The van der Waals surface area contributed by atoms with E-state index in [1.165, 1.54) is 77.5 Å². The van der Waals surface area contributed by atoms with E-state index in [1.807, 2.05) is 0 Å². The maximum Gasteiger partial charge on any atom is -0.00916 e. The highest BCUT2D eigenvalue weighted by Gasteiger charge is 2.05. The van der Waals surface area contributed by atoms with Crippen LogP contribution in [0.15, 0.2) is 90.6 Å². The van der Waals surface area contributed by atoms with Crippen molar-refractivity contribution in [3.8, 4) is 11.1 Å². The molecule has 2 aromatic rings. The van der Waals surface area contributed by atoms with Crippen molar-refractivity contribution < 1.29 is 0 Å². The quantitative estimate of drug-likeness (QED) is 0.351. The molecule has 0 aromatic heterocycles. The van der Waals surface area contributed by atoms with Crippen LogP contribution in [0.2, 0.25) is 0 Å². The fourth-order valence-electron chi connectivity index (χ4n) is 3.96. The van der Waals surface area contributed by atoms with E-state index in [-0.39, 0.29) is 0 Å². The van der Waals surface area contributed by atoms with Crippen LogP contribution in [0.1, 0.15) is 69.9 Å². The molecule has 0 aliphatic heterocycles. The summed E-state index contributed by atoms with van der Waals surface area (Å²) in [4.78, 5) is 0. The SMILES string of the molecule is C=C(CC)C1=CC=C(c2ccc(-c3ccc(CCCCCCC)cc3)cc2)C=CC1. The van der Waals surface area contributed by atoms with Gasteiger partial charge in [-0.2, -0.15) is 0 Å². The van der Waals surface area contributed by atoms with Crippen molar-refractivity contribution in [3.05, 3.63) is 102 Å². The third-order valence-corrected chi connectivity index (χ3v) is 6.05. The van der Waals surface area contributed by atoms with Gasteiger partial charge in [0.1, 0.15) is 0 Å². The van der Waals surface area contributed by atoms with Crippen LogP contribution in [-0.2, 0) is 6.42 Å². The highest BCUT2D eigenvalue weighted by Crippen LogP contribution is 2.27. The zero-order chi connectivity index (χ0) is 21.2. The lowest BCUT2D eigenvalue weighted by molar-refractivity contribution is 0.632. The van der Waals surface area contributed by atoms with Crippen molar-refractivity contribution in [2.75, 3.05) is 0 Å². The Bertz CT molecular complexity index is 902. The largest absolute Gasteiger partial charge is 0.0956 e. The van der Waals surface area contributed by atoms with Gasteiger partial charge in [0.25, 0.3) is 0 Å². The predicted octanol–water partition coefficient (Wildman–Crippen LogP) is 9.10. The molecule has 0 radical (unpaired) electrons. The molecule has 0 saturated carbocycles. The first kappa shape index (κ1) is 22.1. The third-order valence-electron chi connectivity index (χ3n) is 6.05. The minimum absolute atomic E-state index is 0.968. The second kappa shape index (κ2) is 11.6. The van der Waals surface area contributed by atoms with E-state index in [9.17, 15) is 0 Å². The maximum atomic E-state index is 4.18. The van der Waals surface area contributed by atoms with Crippen LogP contribution in [-0.4, -0.2) is 0 Å². The summed E-state index contributed by atoms with van der Waals surface area (Å²) in [5.41, 5.74) is 9.13. The Hall–Kier alpha value is -2.60. The fraction of sp³-hybridized carbons (Fsp3) is 0.333. The molecule has 156 valence electrons. The van der Waals surface area contributed by atoms with Gasteiger partial charge < -0.3 is 0 Å². The molecule has 30 heavy (non-hydrogen) atoms. The van der Waals surface area contributed by atoms with E-state index in [0.717, 1.165) is 12.8 Å². The van der Waals surface area contributed by atoms with Gasteiger partial charge in [-0.3, -0.25) is 0 Å². The first-order valence-electron chi connectivity index (χ1n) is 11.7. The maximum absolute atomic E-state index is 4.18. The van der Waals surface area contributed by atoms with Crippen LogP contribution in [0, 0.1) is 0 Å². The molecular weight excluding hydrogens is 360 g/mol. The van der Waals surface area contributed by atoms with Gasteiger partial charge in [-0.15, -0.1) is 0 Å². The van der Waals surface area contributed by atoms with E-state index in [2.05, 4.69) is 93.3 Å². The highest BCUT2D eigenvalue weighted by atomic mass is 14.1. The molecule has 1 aliphatic carbocycles. The van der Waals surface area contributed by atoms with Crippen LogP contribution in [0.3, 0.4) is 0 Å². The monoisotopic (exact) mass is 396 g/mol. The molecule has 2 aromatic carbocycles. The summed E-state index contributed by atoms with van der Waals surface area (Å²) in [6.45, 7) is 8.62. The molecule has 0 saturated heterocycles. The van der Waals surface area contributed by atoms with Crippen molar-refractivity contribution >= 4 is 5.57 Å². The number of unbranched alkanes of at least 4 members (excludes halogenated alkanes) is 4. The Morgan fingerprint density at radius 2 is 1.40 bits per heavy atom. The predicted molar refractivity (Wildman–Crippen MR) is 134 cm³/mol. The first-order valence-corrected chi connectivity index (χ1v) is 11.7. The number of rotatable bonds is 10. The number of hydrogen-bond donors (Lipinski definition) is 0. The van der Waals surface area contributed by atoms with E-state index < -0.39 is 0 Å². The Labute approximate surface area is 183 Å². The topological polar surface area (TPSA) is 0 Å². The molecule has 0 unspecified atom stereocenters. The average molecular weight is 397 g/mol. The van der Waals surface area contributed by atoms with Gasteiger partial charge in [0, 0.05) is 0 Å². The third kappa shape index (κ3) is 6.20. The van der Waals surface area contributed by atoms with Gasteiger partial charge in [-0.05, 0) is 59.1 Å². The summed E-state index contributed by atoms with van der Waals surface area (Å²) in [6.07, 6.45) is 18.8. The first-order chi connectivity index (χ1) is 14.7. The zero-order valence-corrected chi connectivity index (χ0v) is 18.8. The van der Waals surface area contributed by atoms with Crippen LogP contribution in [0.5, 0.6) is 0 Å². The van der Waals surface area contributed by atoms with Crippen molar-refractivity contribution in [1.82, 2.24) is 0 Å². The van der Waals surface area contributed by atoms with E-state index >= 15 is 0 Å². The second-order valence-electron chi connectivity index (χ2n) is 8.32. The summed E-state index contributed by atoms with van der Waals surface area (Å²) in [7, 11) is 0. The standard InChI is InChI=1S/C30H36/c1-4-6-7-8-9-11-25-14-16-28(17-15-25)30-22-20-29(21-23-30)27-13-10-12-26(18-19-27)24(3)5-2/h10,13-23H,3-9,11-12H2,1-2H3. The number of hydrogen-bond acceptors (Lipinski definition) is 0. The molecule has 0 heteroatoms. The molecule has 0 fully saturated rings. The Balaban J connectivity index is 1.63. The van der Waals surface area contributed by atoms with Crippen molar-refractivity contribution in [2.24, 2.45) is 0 Å².